The Morgan fingerprint density at radius 2 is 1.88 bits per heavy atom. The van der Waals surface area contributed by atoms with Gasteiger partial charge in [-0.2, -0.15) is 0 Å². The van der Waals surface area contributed by atoms with Crippen molar-refractivity contribution < 1.29 is 0 Å². The zero-order valence-corrected chi connectivity index (χ0v) is 11.2. The van der Waals surface area contributed by atoms with Gasteiger partial charge >= 0.3 is 0 Å². The van der Waals surface area contributed by atoms with Gasteiger partial charge in [0.05, 0.1) is 0 Å². The van der Waals surface area contributed by atoms with E-state index in [-0.39, 0.29) is 11.6 Å². The van der Waals surface area contributed by atoms with Crippen molar-refractivity contribution in [1.82, 2.24) is 4.90 Å². The number of aryl methyl sites for hydroxylation is 1. The van der Waals surface area contributed by atoms with Gasteiger partial charge in [0.15, 0.2) is 0 Å². The lowest BCUT2D eigenvalue weighted by Gasteiger charge is -2.40. The second-order valence-corrected chi connectivity index (χ2v) is 5.74. The van der Waals surface area contributed by atoms with Crippen LogP contribution in [-0.4, -0.2) is 23.5 Å². The fourth-order valence-corrected chi connectivity index (χ4v) is 2.76. The zero-order chi connectivity index (χ0) is 12.5. The molecule has 2 rings (SSSR count). The van der Waals surface area contributed by atoms with Gasteiger partial charge in [-0.3, -0.25) is 4.90 Å². The summed E-state index contributed by atoms with van der Waals surface area (Å²) in [6.45, 7) is 9.04. The summed E-state index contributed by atoms with van der Waals surface area (Å²) in [7, 11) is 0. The molecule has 0 saturated carbocycles. The lowest BCUT2D eigenvalue weighted by molar-refractivity contribution is 0.124. The van der Waals surface area contributed by atoms with Crippen molar-refractivity contribution in [2.45, 2.75) is 45.2 Å². The summed E-state index contributed by atoms with van der Waals surface area (Å²) in [6, 6.07) is 8.67. The van der Waals surface area contributed by atoms with E-state index in [4.69, 9.17) is 5.73 Å². The Bertz CT molecular complexity index is 378. The van der Waals surface area contributed by atoms with Gasteiger partial charge in [0.1, 0.15) is 0 Å². The Kier molecular flexibility index (Phi) is 3.55. The van der Waals surface area contributed by atoms with Crippen molar-refractivity contribution in [2.24, 2.45) is 5.73 Å². The maximum atomic E-state index is 6.48. The van der Waals surface area contributed by atoms with Crippen LogP contribution in [0.1, 0.15) is 43.9 Å². The molecule has 1 unspecified atom stereocenters. The number of hydrogen-bond acceptors (Lipinski definition) is 2. The molecule has 1 fully saturated rings. The first-order valence-corrected chi connectivity index (χ1v) is 6.59. The maximum absolute atomic E-state index is 6.48. The summed E-state index contributed by atoms with van der Waals surface area (Å²) in [5.41, 5.74) is 9.06. The second kappa shape index (κ2) is 4.79. The molecular formula is C15H24N2. The van der Waals surface area contributed by atoms with E-state index in [9.17, 15) is 0 Å². The molecule has 1 aromatic carbocycles. The largest absolute Gasteiger partial charge is 0.322 e. The molecule has 17 heavy (non-hydrogen) atoms. The highest BCUT2D eigenvalue weighted by atomic mass is 15.2. The van der Waals surface area contributed by atoms with E-state index in [0.29, 0.717) is 0 Å². The molecule has 0 aliphatic carbocycles. The molecule has 0 radical (unpaired) electrons. The van der Waals surface area contributed by atoms with Gasteiger partial charge in [-0.15, -0.1) is 0 Å². The Balaban J connectivity index is 2.20. The highest BCUT2D eigenvalue weighted by Crippen LogP contribution is 2.31. The van der Waals surface area contributed by atoms with Crippen molar-refractivity contribution in [1.29, 1.82) is 0 Å². The second-order valence-electron chi connectivity index (χ2n) is 5.74. The first-order valence-electron chi connectivity index (χ1n) is 6.59. The van der Waals surface area contributed by atoms with Gasteiger partial charge in [-0.25, -0.2) is 0 Å². The average molecular weight is 232 g/mol. The summed E-state index contributed by atoms with van der Waals surface area (Å²) in [6.07, 6.45) is 2.62. The Labute approximate surface area is 105 Å². The van der Waals surface area contributed by atoms with Gasteiger partial charge in [0.2, 0.25) is 0 Å². The van der Waals surface area contributed by atoms with Crippen molar-refractivity contribution in [3.05, 3.63) is 35.4 Å². The van der Waals surface area contributed by atoms with Crippen LogP contribution in [0.25, 0.3) is 0 Å². The highest BCUT2D eigenvalue weighted by molar-refractivity contribution is 5.27. The number of nitrogens with zero attached hydrogens (tertiary/aromatic N) is 1. The number of rotatable bonds is 3. The number of nitrogens with two attached hydrogens (primary N) is 1. The van der Waals surface area contributed by atoms with Gasteiger partial charge in [0, 0.05) is 11.6 Å². The van der Waals surface area contributed by atoms with E-state index < -0.39 is 0 Å². The molecule has 2 nitrogen and oxygen atoms in total. The number of benzene rings is 1. The number of hydrogen-bond donors (Lipinski definition) is 1. The lowest BCUT2D eigenvalue weighted by atomic mass is 9.87. The molecule has 1 saturated heterocycles. The third-order valence-electron chi connectivity index (χ3n) is 4.08. The molecule has 1 atom stereocenters. The van der Waals surface area contributed by atoms with Crippen molar-refractivity contribution in [3.63, 3.8) is 0 Å². The minimum Gasteiger partial charge on any atom is -0.322 e. The van der Waals surface area contributed by atoms with Crippen molar-refractivity contribution in [3.8, 4) is 0 Å². The van der Waals surface area contributed by atoms with Gasteiger partial charge in [0.25, 0.3) is 0 Å². The van der Waals surface area contributed by atoms with Crippen LogP contribution in [0, 0.1) is 6.92 Å². The summed E-state index contributed by atoms with van der Waals surface area (Å²) in [5, 5.41) is 0. The van der Waals surface area contributed by atoms with Crippen LogP contribution in [0.2, 0.25) is 0 Å². The lowest BCUT2D eigenvalue weighted by Crippen LogP contribution is -2.49. The van der Waals surface area contributed by atoms with Crippen LogP contribution in [0.15, 0.2) is 24.3 Å². The highest BCUT2D eigenvalue weighted by Gasteiger charge is 2.35. The van der Waals surface area contributed by atoms with Crippen LogP contribution < -0.4 is 5.73 Å². The van der Waals surface area contributed by atoms with Crippen molar-refractivity contribution >= 4 is 0 Å². The number of likely N-dealkylation sites (tertiary alicyclic amines) is 1. The minimum atomic E-state index is 0.0459. The quantitative estimate of drug-likeness (QED) is 0.868. The van der Waals surface area contributed by atoms with E-state index >= 15 is 0 Å². The van der Waals surface area contributed by atoms with E-state index in [1.165, 1.54) is 37.1 Å². The van der Waals surface area contributed by atoms with Gasteiger partial charge in [-0.05, 0) is 52.3 Å². The molecular weight excluding hydrogens is 208 g/mol. The molecule has 2 heteroatoms. The molecule has 0 bridgehead atoms. The standard InChI is InChI=1S/C15H24N2/c1-12-7-6-8-13(11-12)14(16)15(2,3)17-9-4-5-10-17/h6-8,11,14H,4-5,9-10,16H2,1-3H3. The van der Waals surface area contributed by atoms with Crippen LogP contribution in [0.3, 0.4) is 0 Å². The van der Waals surface area contributed by atoms with Crippen molar-refractivity contribution in [2.75, 3.05) is 13.1 Å². The van der Waals surface area contributed by atoms with E-state index in [0.717, 1.165) is 0 Å². The van der Waals surface area contributed by atoms with Crippen LogP contribution in [-0.2, 0) is 0 Å². The first-order chi connectivity index (χ1) is 8.01. The summed E-state index contributed by atoms with van der Waals surface area (Å²) in [4.78, 5) is 2.53. The maximum Gasteiger partial charge on any atom is 0.0476 e. The van der Waals surface area contributed by atoms with E-state index in [1.807, 2.05) is 0 Å². The molecule has 94 valence electrons. The van der Waals surface area contributed by atoms with Crippen LogP contribution in [0.5, 0.6) is 0 Å². The fourth-order valence-electron chi connectivity index (χ4n) is 2.76. The zero-order valence-electron chi connectivity index (χ0n) is 11.2. The summed E-state index contributed by atoms with van der Waals surface area (Å²) >= 11 is 0. The normalized spacial score (nSPS) is 19.5. The third-order valence-corrected chi connectivity index (χ3v) is 4.08. The molecule has 0 amide bonds. The smallest absolute Gasteiger partial charge is 0.0476 e. The predicted octanol–water partition coefficient (Wildman–Crippen LogP) is 2.87. The minimum absolute atomic E-state index is 0.0459. The van der Waals surface area contributed by atoms with Crippen LogP contribution in [0.4, 0.5) is 0 Å². The van der Waals surface area contributed by atoms with E-state index in [1.54, 1.807) is 0 Å². The Hall–Kier alpha value is -0.860. The predicted molar refractivity (Wildman–Crippen MR) is 73.0 cm³/mol. The third kappa shape index (κ3) is 2.53. The fraction of sp³-hybridized carbons (Fsp3) is 0.600. The molecule has 0 spiro atoms. The Morgan fingerprint density at radius 3 is 2.47 bits per heavy atom. The Morgan fingerprint density at radius 1 is 1.24 bits per heavy atom. The first kappa shape index (κ1) is 12.6. The summed E-state index contributed by atoms with van der Waals surface area (Å²) < 4.78 is 0. The van der Waals surface area contributed by atoms with E-state index in [2.05, 4.69) is 49.9 Å². The molecule has 1 aromatic rings. The summed E-state index contributed by atoms with van der Waals surface area (Å²) in [5.74, 6) is 0. The monoisotopic (exact) mass is 232 g/mol. The van der Waals surface area contributed by atoms with Crippen LogP contribution >= 0.6 is 0 Å². The SMILES string of the molecule is Cc1cccc(C(N)C(C)(C)N2CCCC2)c1. The molecule has 1 aliphatic heterocycles. The molecule has 1 heterocycles. The topological polar surface area (TPSA) is 29.3 Å². The van der Waals surface area contributed by atoms with Gasteiger partial charge < -0.3 is 5.73 Å². The average Bonchev–Trinajstić information content (AvgIpc) is 2.82. The molecule has 1 aliphatic rings. The van der Waals surface area contributed by atoms with Gasteiger partial charge in [-0.1, -0.05) is 29.8 Å². The molecule has 2 N–H and O–H groups in total. The molecule has 0 aromatic heterocycles.